The minimum atomic E-state index is -0.258. The van der Waals surface area contributed by atoms with Gasteiger partial charge in [-0.05, 0) is 57.2 Å². The van der Waals surface area contributed by atoms with Gasteiger partial charge in [-0.15, -0.1) is 0 Å². The normalized spacial score (nSPS) is 12.1. The average Bonchev–Trinajstić information content (AvgIpc) is 3.16. The van der Waals surface area contributed by atoms with Crippen molar-refractivity contribution in [2.24, 2.45) is 0 Å². The van der Waals surface area contributed by atoms with E-state index in [1.165, 1.54) is 11.6 Å². The highest BCUT2D eigenvalue weighted by molar-refractivity contribution is 5.82. The largest absolute Gasteiger partial charge is 0.384 e. The van der Waals surface area contributed by atoms with Crippen molar-refractivity contribution in [1.29, 1.82) is 0 Å². The molecule has 3 aromatic rings. The van der Waals surface area contributed by atoms with Crippen molar-refractivity contribution in [3.8, 4) is 0 Å². The van der Waals surface area contributed by atoms with Gasteiger partial charge in [0, 0.05) is 63.8 Å². The van der Waals surface area contributed by atoms with Crippen molar-refractivity contribution in [2.45, 2.75) is 27.7 Å². The van der Waals surface area contributed by atoms with Gasteiger partial charge in [-0.3, -0.25) is 4.90 Å². The lowest BCUT2D eigenvalue weighted by atomic mass is 10.1. The Kier molecular flexibility index (Phi) is 6.86. The summed E-state index contributed by atoms with van der Waals surface area (Å²) in [7, 11) is 0. The molecule has 2 heterocycles. The van der Waals surface area contributed by atoms with Crippen LogP contribution in [0.15, 0.2) is 36.9 Å². The first-order valence-electron chi connectivity index (χ1n) is 10.7. The van der Waals surface area contributed by atoms with Crippen LogP contribution in [-0.2, 0) is 0 Å². The second kappa shape index (κ2) is 9.40. The summed E-state index contributed by atoms with van der Waals surface area (Å²) in [6.07, 6.45) is 2.03. The summed E-state index contributed by atoms with van der Waals surface area (Å²) in [6.45, 7) is 24.3. The van der Waals surface area contributed by atoms with E-state index in [-0.39, 0.29) is 5.82 Å². The molecule has 0 spiro atoms. The lowest BCUT2D eigenvalue weighted by Crippen LogP contribution is -2.32. The van der Waals surface area contributed by atoms with E-state index in [0.717, 1.165) is 75.9 Å². The van der Waals surface area contributed by atoms with Crippen molar-refractivity contribution in [1.82, 2.24) is 20.2 Å². The summed E-state index contributed by atoms with van der Waals surface area (Å²) >= 11 is 0. The van der Waals surface area contributed by atoms with Crippen LogP contribution in [0.2, 0.25) is 0 Å². The Hall–Kier alpha value is -3.05. The third-order valence-corrected chi connectivity index (χ3v) is 5.66. The van der Waals surface area contributed by atoms with Crippen molar-refractivity contribution in [2.75, 3.05) is 26.2 Å². The van der Waals surface area contributed by atoms with Gasteiger partial charge in [0.1, 0.15) is 5.82 Å². The molecular weight excluding hydrogens is 387 g/mol. The number of nitrogens with zero attached hydrogens (tertiary/aromatic N) is 1. The zero-order valence-corrected chi connectivity index (χ0v) is 19.1. The Bertz CT molecular complexity index is 1230. The number of aromatic amines is 2. The third-order valence-electron chi connectivity index (χ3n) is 5.66. The molecular formula is C26H33FN4. The van der Waals surface area contributed by atoms with E-state index < -0.39 is 0 Å². The van der Waals surface area contributed by atoms with Crippen molar-refractivity contribution >= 4 is 29.3 Å². The fourth-order valence-electron chi connectivity index (χ4n) is 4.11. The van der Waals surface area contributed by atoms with Gasteiger partial charge in [0.25, 0.3) is 0 Å². The molecule has 0 saturated heterocycles. The molecule has 4 nitrogen and oxygen atoms in total. The molecule has 0 saturated carbocycles. The number of H-pyrrole nitrogens is 2. The monoisotopic (exact) mass is 420 g/mol. The number of likely N-dealkylation sites (N-methyl/N-ethyl adjacent to an activating group) is 1. The smallest absolute Gasteiger partial charge is 0.123 e. The molecule has 0 bridgehead atoms. The van der Waals surface area contributed by atoms with Crippen LogP contribution in [0.1, 0.15) is 36.4 Å². The van der Waals surface area contributed by atoms with Gasteiger partial charge >= 0.3 is 0 Å². The number of fused-ring (bicyclic) bond motifs is 1. The number of aromatic nitrogens is 2. The second-order valence-electron chi connectivity index (χ2n) is 8.25. The molecule has 31 heavy (non-hydrogen) atoms. The molecule has 0 radical (unpaired) electrons. The molecule has 0 amide bonds. The van der Waals surface area contributed by atoms with Crippen LogP contribution >= 0.6 is 0 Å². The average molecular weight is 421 g/mol. The molecule has 5 heteroatoms. The second-order valence-corrected chi connectivity index (χ2v) is 8.25. The van der Waals surface area contributed by atoms with Crippen molar-refractivity contribution in [3.63, 3.8) is 0 Å². The number of benzene rings is 1. The van der Waals surface area contributed by atoms with Gasteiger partial charge in [0.15, 0.2) is 0 Å². The number of hydrogen-bond donors (Lipinski definition) is 3. The van der Waals surface area contributed by atoms with Crippen molar-refractivity contribution in [3.05, 3.63) is 75.8 Å². The molecule has 1 aromatic carbocycles. The van der Waals surface area contributed by atoms with Crippen LogP contribution in [0.5, 0.6) is 0 Å². The SMILES string of the molecule is C=C(C)CN(CC)CCNC(=C)c1c(C)[nH]c(/C=c2\c(=C)[nH]c3ccc(F)cc23)c1C. The van der Waals surface area contributed by atoms with Crippen LogP contribution in [0.3, 0.4) is 0 Å². The van der Waals surface area contributed by atoms with Gasteiger partial charge in [0.2, 0.25) is 0 Å². The minimum absolute atomic E-state index is 0.258. The van der Waals surface area contributed by atoms with E-state index in [0.29, 0.717) is 0 Å². The molecule has 0 aliphatic rings. The predicted octanol–water partition coefficient (Wildman–Crippen LogP) is 3.95. The third kappa shape index (κ3) is 5.00. The summed E-state index contributed by atoms with van der Waals surface area (Å²) in [5, 5.41) is 5.96. The van der Waals surface area contributed by atoms with Crippen LogP contribution in [0, 0.1) is 19.7 Å². The number of hydrogen-bond acceptors (Lipinski definition) is 2. The van der Waals surface area contributed by atoms with Crippen LogP contribution < -0.4 is 15.9 Å². The predicted molar refractivity (Wildman–Crippen MR) is 131 cm³/mol. The zero-order chi connectivity index (χ0) is 22.7. The maximum absolute atomic E-state index is 13.8. The summed E-state index contributed by atoms with van der Waals surface area (Å²) in [6, 6.07) is 4.74. The maximum Gasteiger partial charge on any atom is 0.123 e. The number of rotatable bonds is 9. The van der Waals surface area contributed by atoms with Gasteiger partial charge in [-0.2, -0.15) is 0 Å². The molecule has 2 aromatic heterocycles. The molecule has 0 atom stereocenters. The quantitative estimate of drug-likeness (QED) is 0.459. The van der Waals surface area contributed by atoms with E-state index in [2.05, 4.69) is 60.7 Å². The van der Waals surface area contributed by atoms with Crippen molar-refractivity contribution < 1.29 is 4.39 Å². The highest BCUT2D eigenvalue weighted by atomic mass is 19.1. The minimum Gasteiger partial charge on any atom is -0.384 e. The number of halogens is 1. The van der Waals surface area contributed by atoms with E-state index in [9.17, 15) is 4.39 Å². The first kappa shape index (κ1) is 22.6. The summed E-state index contributed by atoms with van der Waals surface area (Å²) in [5.41, 5.74) is 7.16. The molecule has 3 N–H and O–H groups in total. The maximum atomic E-state index is 13.8. The lowest BCUT2D eigenvalue weighted by molar-refractivity contribution is 0.316. The number of nitrogens with one attached hydrogen (secondary N) is 3. The zero-order valence-electron chi connectivity index (χ0n) is 19.1. The lowest BCUT2D eigenvalue weighted by Gasteiger charge is -2.21. The van der Waals surface area contributed by atoms with E-state index >= 15 is 0 Å². The van der Waals surface area contributed by atoms with E-state index in [1.807, 2.05) is 13.0 Å². The molecule has 3 rings (SSSR count). The van der Waals surface area contributed by atoms with E-state index in [4.69, 9.17) is 0 Å². The van der Waals surface area contributed by atoms with Crippen LogP contribution in [0.25, 0.3) is 29.3 Å². The molecule has 0 unspecified atom stereocenters. The number of aryl methyl sites for hydroxylation is 1. The van der Waals surface area contributed by atoms with Gasteiger partial charge in [0.05, 0.1) is 0 Å². The summed E-state index contributed by atoms with van der Waals surface area (Å²) < 4.78 is 13.8. The Labute approximate surface area is 183 Å². The first-order valence-corrected chi connectivity index (χ1v) is 10.7. The van der Waals surface area contributed by atoms with Crippen LogP contribution in [-0.4, -0.2) is 41.0 Å². The summed E-state index contributed by atoms with van der Waals surface area (Å²) in [4.78, 5) is 9.04. The molecule has 0 fully saturated rings. The Morgan fingerprint density at radius 2 is 1.97 bits per heavy atom. The Morgan fingerprint density at radius 1 is 1.23 bits per heavy atom. The topological polar surface area (TPSA) is 46.8 Å². The van der Waals surface area contributed by atoms with E-state index in [1.54, 1.807) is 12.1 Å². The van der Waals surface area contributed by atoms with Gasteiger partial charge in [-0.1, -0.05) is 32.2 Å². The Morgan fingerprint density at radius 3 is 2.65 bits per heavy atom. The standard InChI is InChI=1S/C26H33FN4/c1-8-31(15-16(2)3)12-11-28-19(6)26-17(4)25(30-20(26)7)14-22-18(5)29-24-10-9-21(27)13-23(22)24/h9-10,13-14,28-30H,2,5-6,8,11-12,15H2,1,3-4,7H3/b22-14+. The van der Waals surface area contributed by atoms with Gasteiger partial charge < -0.3 is 15.3 Å². The van der Waals surface area contributed by atoms with Crippen LogP contribution in [0.4, 0.5) is 4.39 Å². The fraction of sp³-hybridized carbons (Fsp3) is 0.308. The highest BCUT2D eigenvalue weighted by Gasteiger charge is 2.14. The first-order chi connectivity index (χ1) is 14.7. The highest BCUT2D eigenvalue weighted by Crippen LogP contribution is 2.23. The summed E-state index contributed by atoms with van der Waals surface area (Å²) in [5.74, 6) is -0.258. The molecule has 0 aliphatic carbocycles. The molecule has 164 valence electrons. The molecule has 0 aliphatic heterocycles. The Balaban J connectivity index is 1.85. The van der Waals surface area contributed by atoms with Gasteiger partial charge in [-0.25, -0.2) is 4.39 Å². The fourth-order valence-corrected chi connectivity index (χ4v) is 4.11.